The van der Waals surface area contributed by atoms with E-state index in [9.17, 15) is 4.79 Å². The SMILES string of the molecule is O=C(CCc1ccncc1)Nc1cccc(Oc2ncccn2)c1. The number of hydrogen-bond donors (Lipinski definition) is 1. The molecule has 0 aliphatic carbocycles. The number of nitrogens with zero attached hydrogens (tertiary/aromatic N) is 3. The summed E-state index contributed by atoms with van der Waals surface area (Å²) >= 11 is 0. The fourth-order valence-electron chi connectivity index (χ4n) is 2.11. The van der Waals surface area contributed by atoms with Crippen LogP contribution >= 0.6 is 0 Å². The zero-order valence-electron chi connectivity index (χ0n) is 12.9. The number of benzene rings is 1. The molecule has 0 unspecified atom stereocenters. The van der Waals surface area contributed by atoms with Crippen molar-refractivity contribution in [1.29, 1.82) is 0 Å². The Morgan fingerprint density at radius 3 is 2.58 bits per heavy atom. The van der Waals surface area contributed by atoms with Crippen LogP contribution in [0, 0.1) is 0 Å². The number of aromatic nitrogens is 3. The maximum atomic E-state index is 12.1. The summed E-state index contributed by atoms with van der Waals surface area (Å²) < 4.78 is 5.55. The van der Waals surface area contributed by atoms with Crippen molar-refractivity contribution >= 4 is 11.6 Å². The van der Waals surface area contributed by atoms with Gasteiger partial charge in [0.05, 0.1) is 0 Å². The Balaban J connectivity index is 1.57. The van der Waals surface area contributed by atoms with Crippen LogP contribution in [-0.2, 0) is 11.2 Å². The second kappa shape index (κ2) is 7.82. The van der Waals surface area contributed by atoms with E-state index in [1.807, 2.05) is 18.2 Å². The van der Waals surface area contributed by atoms with Gasteiger partial charge >= 0.3 is 6.01 Å². The normalized spacial score (nSPS) is 10.2. The average molecular weight is 320 g/mol. The summed E-state index contributed by atoms with van der Waals surface area (Å²) in [5.74, 6) is 0.507. The van der Waals surface area contributed by atoms with E-state index < -0.39 is 0 Å². The first-order valence-electron chi connectivity index (χ1n) is 7.53. The molecular formula is C18H16N4O2. The van der Waals surface area contributed by atoms with Gasteiger partial charge in [0.2, 0.25) is 5.91 Å². The maximum absolute atomic E-state index is 12.1. The van der Waals surface area contributed by atoms with Crippen LogP contribution in [0.3, 0.4) is 0 Å². The monoisotopic (exact) mass is 320 g/mol. The molecule has 0 aliphatic heterocycles. The highest BCUT2D eigenvalue weighted by Crippen LogP contribution is 2.21. The van der Waals surface area contributed by atoms with Gasteiger partial charge in [-0.3, -0.25) is 9.78 Å². The number of nitrogens with one attached hydrogen (secondary N) is 1. The first-order valence-corrected chi connectivity index (χ1v) is 7.53. The molecule has 1 aromatic carbocycles. The van der Waals surface area contributed by atoms with Crippen molar-refractivity contribution in [3.8, 4) is 11.8 Å². The molecule has 3 rings (SSSR count). The summed E-state index contributed by atoms with van der Waals surface area (Å²) in [4.78, 5) is 24.0. The van der Waals surface area contributed by atoms with E-state index in [1.54, 1.807) is 49.1 Å². The minimum atomic E-state index is -0.0556. The fraction of sp³-hybridized carbons (Fsp3) is 0.111. The predicted molar refractivity (Wildman–Crippen MR) is 89.7 cm³/mol. The summed E-state index contributed by atoms with van der Waals surface area (Å²) in [5, 5.41) is 2.86. The Labute approximate surface area is 139 Å². The van der Waals surface area contributed by atoms with Crippen LogP contribution in [0.2, 0.25) is 0 Å². The highest BCUT2D eigenvalue weighted by atomic mass is 16.5. The summed E-state index contributed by atoms with van der Waals surface area (Å²) in [6, 6.07) is 12.9. The first-order chi connectivity index (χ1) is 11.8. The van der Waals surface area contributed by atoms with Crippen LogP contribution in [-0.4, -0.2) is 20.9 Å². The highest BCUT2D eigenvalue weighted by Gasteiger charge is 2.05. The van der Waals surface area contributed by atoms with Gasteiger partial charge in [-0.2, -0.15) is 0 Å². The quantitative estimate of drug-likeness (QED) is 0.754. The molecule has 0 aliphatic rings. The Hall–Kier alpha value is -3.28. The highest BCUT2D eigenvalue weighted by molar-refractivity contribution is 5.91. The number of anilines is 1. The zero-order chi connectivity index (χ0) is 16.6. The van der Waals surface area contributed by atoms with Crippen molar-refractivity contribution in [3.05, 3.63) is 72.8 Å². The van der Waals surface area contributed by atoms with Gasteiger partial charge in [0, 0.05) is 43.0 Å². The molecule has 0 saturated heterocycles. The molecule has 6 heteroatoms. The molecule has 0 atom stereocenters. The number of amides is 1. The van der Waals surface area contributed by atoms with Crippen molar-refractivity contribution in [2.24, 2.45) is 0 Å². The van der Waals surface area contributed by atoms with E-state index in [2.05, 4.69) is 20.3 Å². The van der Waals surface area contributed by atoms with Crippen LogP contribution in [0.5, 0.6) is 11.8 Å². The van der Waals surface area contributed by atoms with Gasteiger partial charge in [0.25, 0.3) is 0 Å². The number of hydrogen-bond acceptors (Lipinski definition) is 5. The third-order valence-corrected chi connectivity index (χ3v) is 3.26. The van der Waals surface area contributed by atoms with Crippen LogP contribution in [0.25, 0.3) is 0 Å². The fourth-order valence-corrected chi connectivity index (χ4v) is 2.11. The second-order valence-electron chi connectivity index (χ2n) is 5.06. The summed E-state index contributed by atoms with van der Waals surface area (Å²) in [7, 11) is 0. The molecule has 120 valence electrons. The van der Waals surface area contributed by atoms with Crippen LogP contribution in [0.4, 0.5) is 5.69 Å². The largest absolute Gasteiger partial charge is 0.424 e. The van der Waals surface area contributed by atoms with E-state index in [1.165, 1.54) is 0 Å². The van der Waals surface area contributed by atoms with Crippen molar-refractivity contribution in [1.82, 2.24) is 15.0 Å². The van der Waals surface area contributed by atoms with Gasteiger partial charge in [-0.15, -0.1) is 0 Å². The molecule has 2 aromatic heterocycles. The minimum Gasteiger partial charge on any atom is -0.424 e. The lowest BCUT2D eigenvalue weighted by molar-refractivity contribution is -0.116. The molecular weight excluding hydrogens is 304 g/mol. The van der Waals surface area contributed by atoms with E-state index in [-0.39, 0.29) is 11.9 Å². The molecule has 0 spiro atoms. The number of ether oxygens (including phenoxy) is 1. The van der Waals surface area contributed by atoms with Gasteiger partial charge in [0.1, 0.15) is 5.75 Å². The molecule has 2 heterocycles. The summed E-state index contributed by atoms with van der Waals surface area (Å²) in [6.45, 7) is 0. The summed E-state index contributed by atoms with van der Waals surface area (Å²) in [6.07, 6.45) is 7.72. The van der Waals surface area contributed by atoms with Gasteiger partial charge in [-0.25, -0.2) is 9.97 Å². The molecule has 1 amide bonds. The van der Waals surface area contributed by atoms with Gasteiger partial charge < -0.3 is 10.1 Å². The number of carbonyl (C=O) groups excluding carboxylic acids is 1. The third-order valence-electron chi connectivity index (χ3n) is 3.26. The Morgan fingerprint density at radius 2 is 1.79 bits per heavy atom. The molecule has 1 N–H and O–H groups in total. The Bertz CT molecular complexity index is 794. The number of pyridine rings is 1. The van der Waals surface area contributed by atoms with Gasteiger partial charge in [0.15, 0.2) is 0 Å². The van der Waals surface area contributed by atoms with E-state index in [4.69, 9.17) is 4.74 Å². The van der Waals surface area contributed by atoms with Crippen molar-refractivity contribution < 1.29 is 9.53 Å². The second-order valence-corrected chi connectivity index (χ2v) is 5.06. The third kappa shape index (κ3) is 4.61. The molecule has 3 aromatic rings. The van der Waals surface area contributed by atoms with Gasteiger partial charge in [-0.1, -0.05) is 6.07 Å². The zero-order valence-corrected chi connectivity index (χ0v) is 12.9. The van der Waals surface area contributed by atoms with Gasteiger partial charge in [-0.05, 0) is 42.3 Å². The molecule has 0 bridgehead atoms. The Morgan fingerprint density at radius 1 is 1.00 bits per heavy atom. The lowest BCUT2D eigenvalue weighted by atomic mass is 10.1. The minimum absolute atomic E-state index is 0.0556. The number of carbonyl (C=O) groups is 1. The maximum Gasteiger partial charge on any atom is 0.321 e. The van der Waals surface area contributed by atoms with Crippen LogP contribution in [0.1, 0.15) is 12.0 Å². The molecule has 0 saturated carbocycles. The first kappa shape index (κ1) is 15.6. The predicted octanol–water partition coefficient (Wildman–Crippen LogP) is 3.24. The van der Waals surface area contributed by atoms with Crippen LogP contribution in [0.15, 0.2) is 67.3 Å². The average Bonchev–Trinajstić information content (AvgIpc) is 2.62. The van der Waals surface area contributed by atoms with E-state index >= 15 is 0 Å². The van der Waals surface area contributed by atoms with Crippen LogP contribution < -0.4 is 10.1 Å². The molecule has 24 heavy (non-hydrogen) atoms. The van der Waals surface area contributed by atoms with E-state index in [0.717, 1.165) is 5.56 Å². The summed E-state index contributed by atoms with van der Waals surface area (Å²) in [5.41, 5.74) is 1.75. The lowest BCUT2D eigenvalue weighted by Gasteiger charge is -2.08. The lowest BCUT2D eigenvalue weighted by Crippen LogP contribution is -2.12. The van der Waals surface area contributed by atoms with E-state index in [0.29, 0.717) is 24.3 Å². The standard InChI is InChI=1S/C18H16N4O2/c23-17(6-5-14-7-11-19-12-8-14)22-15-3-1-4-16(13-15)24-18-20-9-2-10-21-18/h1-4,7-13H,5-6H2,(H,22,23). The molecule has 0 fully saturated rings. The number of rotatable bonds is 6. The van der Waals surface area contributed by atoms with Crippen molar-refractivity contribution in [2.75, 3.05) is 5.32 Å². The van der Waals surface area contributed by atoms with Crippen molar-refractivity contribution in [3.63, 3.8) is 0 Å². The number of aryl methyl sites for hydroxylation is 1. The van der Waals surface area contributed by atoms with Crippen molar-refractivity contribution in [2.45, 2.75) is 12.8 Å². The smallest absolute Gasteiger partial charge is 0.321 e. The topological polar surface area (TPSA) is 77.0 Å². The molecule has 0 radical (unpaired) electrons. The molecule has 6 nitrogen and oxygen atoms in total. The Kier molecular flexibility index (Phi) is 5.09.